The predicted octanol–water partition coefficient (Wildman–Crippen LogP) is 2.36. The molecule has 2 aromatic rings. The van der Waals surface area contributed by atoms with Crippen molar-refractivity contribution in [3.05, 3.63) is 42.0 Å². The molecule has 0 aliphatic heterocycles. The summed E-state index contributed by atoms with van der Waals surface area (Å²) in [7, 11) is 0. The van der Waals surface area contributed by atoms with Crippen LogP contribution in [-0.4, -0.2) is 21.5 Å². The second-order valence-electron chi connectivity index (χ2n) is 5.15. The molecular formula is C15H19N5. The zero-order valence-electron chi connectivity index (χ0n) is 11.7. The van der Waals surface area contributed by atoms with E-state index in [-0.39, 0.29) is 0 Å². The van der Waals surface area contributed by atoms with Gasteiger partial charge in [0.05, 0.1) is 0 Å². The van der Waals surface area contributed by atoms with Crippen molar-refractivity contribution in [2.75, 3.05) is 17.2 Å². The van der Waals surface area contributed by atoms with Gasteiger partial charge in [-0.2, -0.15) is 0 Å². The zero-order valence-corrected chi connectivity index (χ0v) is 11.7. The van der Waals surface area contributed by atoms with Crippen LogP contribution in [0, 0.1) is 0 Å². The molecule has 5 heteroatoms. The molecule has 0 bridgehead atoms. The third-order valence-electron chi connectivity index (χ3n) is 3.52. The van der Waals surface area contributed by atoms with Crippen LogP contribution in [0.3, 0.4) is 0 Å². The highest BCUT2D eigenvalue weighted by Crippen LogP contribution is 2.38. The Bertz CT molecular complexity index is 580. The SMILES string of the molecule is CCN(Cc1ccncc1)c1cc(N)nc(C2CC2)n1. The van der Waals surface area contributed by atoms with Gasteiger partial charge in [0.15, 0.2) is 0 Å². The van der Waals surface area contributed by atoms with E-state index >= 15 is 0 Å². The molecule has 0 unspecified atom stereocenters. The molecule has 1 aliphatic rings. The van der Waals surface area contributed by atoms with Crippen LogP contribution < -0.4 is 10.6 Å². The molecule has 2 heterocycles. The van der Waals surface area contributed by atoms with Crippen molar-refractivity contribution in [1.29, 1.82) is 0 Å². The summed E-state index contributed by atoms with van der Waals surface area (Å²) in [6, 6.07) is 5.90. The van der Waals surface area contributed by atoms with E-state index in [0.29, 0.717) is 11.7 Å². The number of hydrogen-bond acceptors (Lipinski definition) is 5. The Morgan fingerprint density at radius 3 is 2.65 bits per heavy atom. The zero-order chi connectivity index (χ0) is 13.9. The minimum atomic E-state index is 0.511. The van der Waals surface area contributed by atoms with Crippen LogP contribution in [0.2, 0.25) is 0 Å². The Kier molecular flexibility index (Phi) is 3.50. The van der Waals surface area contributed by atoms with Crippen LogP contribution >= 0.6 is 0 Å². The summed E-state index contributed by atoms with van der Waals surface area (Å²) in [5, 5.41) is 0. The van der Waals surface area contributed by atoms with Crippen molar-refractivity contribution < 1.29 is 0 Å². The van der Waals surface area contributed by atoms with Gasteiger partial charge in [0.2, 0.25) is 0 Å². The van der Waals surface area contributed by atoms with Crippen molar-refractivity contribution in [2.45, 2.75) is 32.2 Å². The van der Waals surface area contributed by atoms with Gasteiger partial charge in [-0.1, -0.05) is 0 Å². The Labute approximate surface area is 118 Å². The molecule has 1 saturated carbocycles. The number of nitrogens with zero attached hydrogens (tertiary/aromatic N) is 4. The normalized spacial score (nSPS) is 14.2. The summed E-state index contributed by atoms with van der Waals surface area (Å²) in [4.78, 5) is 15.3. The smallest absolute Gasteiger partial charge is 0.136 e. The van der Waals surface area contributed by atoms with Crippen molar-refractivity contribution in [1.82, 2.24) is 15.0 Å². The number of rotatable bonds is 5. The predicted molar refractivity (Wildman–Crippen MR) is 79.4 cm³/mol. The molecule has 1 aliphatic carbocycles. The molecule has 2 N–H and O–H groups in total. The lowest BCUT2D eigenvalue weighted by molar-refractivity contribution is 0.795. The largest absolute Gasteiger partial charge is 0.384 e. The average molecular weight is 269 g/mol. The van der Waals surface area contributed by atoms with Gasteiger partial charge in [0.1, 0.15) is 17.5 Å². The second-order valence-corrected chi connectivity index (χ2v) is 5.15. The number of hydrogen-bond donors (Lipinski definition) is 1. The van der Waals surface area contributed by atoms with Crippen molar-refractivity contribution in [2.24, 2.45) is 0 Å². The number of anilines is 2. The van der Waals surface area contributed by atoms with E-state index in [1.165, 1.54) is 18.4 Å². The molecule has 2 aromatic heterocycles. The topological polar surface area (TPSA) is 67.9 Å². The molecule has 104 valence electrons. The molecule has 0 radical (unpaired) electrons. The molecule has 0 spiro atoms. The number of pyridine rings is 1. The Balaban J connectivity index is 1.85. The van der Waals surface area contributed by atoms with E-state index in [1.807, 2.05) is 30.6 Å². The summed E-state index contributed by atoms with van der Waals surface area (Å²) in [6.07, 6.45) is 5.99. The lowest BCUT2D eigenvalue weighted by Gasteiger charge is -2.22. The van der Waals surface area contributed by atoms with Crippen LogP contribution in [0.5, 0.6) is 0 Å². The van der Waals surface area contributed by atoms with Gasteiger partial charge in [-0.25, -0.2) is 9.97 Å². The van der Waals surface area contributed by atoms with Gasteiger partial charge in [0, 0.05) is 37.5 Å². The molecule has 3 rings (SSSR count). The van der Waals surface area contributed by atoms with Crippen LogP contribution in [-0.2, 0) is 6.54 Å². The maximum absolute atomic E-state index is 5.92. The van der Waals surface area contributed by atoms with Gasteiger partial charge in [-0.3, -0.25) is 4.98 Å². The quantitative estimate of drug-likeness (QED) is 0.902. The summed E-state index contributed by atoms with van der Waals surface area (Å²) in [5.41, 5.74) is 7.14. The highest BCUT2D eigenvalue weighted by molar-refractivity contribution is 5.48. The Morgan fingerprint density at radius 2 is 2.00 bits per heavy atom. The summed E-state index contributed by atoms with van der Waals surface area (Å²) in [5.74, 6) is 2.88. The van der Waals surface area contributed by atoms with E-state index in [9.17, 15) is 0 Å². The van der Waals surface area contributed by atoms with E-state index in [0.717, 1.165) is 24.7 Å². The number of nitrogen functional groups attached to an aromatic ring is 1. The molecule has 0 aromatic carbocycles. The van der Waals surface area contributed by atoms with E-state index in [4.69, 9.17) is 5.73 Å². The lowest BCUT2D eigenvalue weighted by atomic mass is 10.2. The molecule has 1 fully saturated rings. The third kappa shape index (κ3) is 2.87. The minimum absolute atomic E-state index is 0.511. The van der Waals surface area contributed by atoms with E-state index in [2.05, 4.69) is 26.8 Å². The van der Waals surface area contributed by atoms with Gasteiger partial charge < -0.3 is 10.6 Å². The number of nitrogens with two attached hydrogens (primary N) is 1. The average Bonchev–Trinajstić information content (AvgIpc) is 3.30. The first-order chi connectivity index (χ1) is 9.76. The summed E-state index contributed by atoms with van der Waals surface area (Å²) >= 11 is 0. The Hall–Kier alpha value is -2.17. The first-order valence-electron chi connectivity index (χ1n) is 7.04. The Morgan fingerprint density at radius 1 is 1.25 bits per heavy atom. The molecule has 20 heavy (non-hydrogen) atoms. The molecule has 5 nitrogen and oxygen atoms in total. The number of aromatic nitrogens is 3. The van der Waals surface area contributed by atoms with E-state index < -0.39 is 0 Å². The summed E-state index contributed by atoms with van der Waals surface area (Å²) < 4.78 is 0. The van der Waals surface area contributed by atoms with Crippen molar-refractivity contribution in [3.8, 4) is 0 Å². The fourth-order valence-electron chi connectivity index (χ4n) is 2.22. The molecule has 0 atom stereocenters. The maximum Gasteiger partial charge on any atom is 0.136 e. The maximum atomic E-state index is 5.92. The second kappa shape index (κ2) is 5.45. The fourth-order valence-corrected chi connectivity index (χ4v) is 2.22. The van der Waals surface area contributed by atoms with Crippen molar-refractivity contribution >= 4 is 11.6 Å². The van der Waals surface area contributed by atoms with Crippen LogP contribution in [0.4, 0.5) is 11.6 Å². The van der Waals surface area contributed by atoms with E-state index in [1.54, 1.807) is 0 Å². The first kappa shape index (κ1) is 12.8. The highest BCUT2D eigenvalue weighted by Gasteiger charge is 2.27. The lowest BCUT2D eigenvalue weighted by Crippen LogP contribution is -2.24. The molecule has 0 amide bonds. The van der Waals surface area contributed by atoms with Crippen LogP contribution in [0.15, 0.2) is 30.6 Å². The first-order valence-corrected chi connectivity index (χ1v) is 7.04. The third-order valence-corrected chi connectivity index (χ3v) is 3.52. The van der Waals surface area contributed by atoms with Gasteiger partial charge >= 0.3 is 0 Å². The molecule has 0 saturated heterocycles. The highest BCUT2D eigenvalue weighted by atomic mass is 15.2. The molecular weight excluding hydrogens is 250 g/mol. The monoisotopic (exact) mass is 269 g/mol. The summed E-state index contributed by atoms with van der Waals surface area (Å²) in [6.45, 7) is 3.80. The van der Waals surface area contributed by atoms with Crippen LogP contribution in [0.1, 0.15) is 37.1 Å². The van der Waals surface area contributed by atoms with Gasteiger partial charge in [-0.05, 0) is 37.5 Å². The minimum Gasteiger partial charge on any atom is -0.384 e. The van der Waals surface area contributed by atoms with Crippen molar-refractivity contribution in [3.63, 3.8) is 0 Å². The standard InChI is InChI=1S/C15H19N5/c1-2-20(10-11-5-7-17-8-6-11)14-9-13(16)18-15(19-14)12-3-4-12/h5-9,12H,2-4,10H2,1H3,(H2,16,18,19). The van der Waals surface area contributed by atoms with Gasteiger partial charge in [0.25, 0.3) is 0 Å². The fraction of sp³-hybridized carbons (Fsp3) is 0.400. The van der Waals surface area contributed by atoms with Crippen LogP contribution in [0.25, 0.3) is 0 Å². The van der Waals surface area contributed by atoms with Gasteiger partial charge in [-0.15, -0.1) is 0 Å².